The van der Waals surface area contributed by atoms with Gasteiger partial charge in [0, 0.05) is 26.1 Å². The van der Waals surface area contributed by atoms with Gasteiger partial charge >= 0.3 is 0 Å². The average Bonchev–Trinajstić information content (AvgIpc) is 3.16. The smallest absolute Gasteiger partial charge is 0.222 e. The summed E-state index contributed by atoms with van der Waals surface area (Å²) in [6.07, 6.45) is 1.59. The molecule has 1 aliphatic heterocycles. The molecular formula is C24H32N4O2. The molecule has 160 valence electrons. The number of aliphatic imine (C=N–C) groups is 1. The molecule has 1 heterocycles. The molecule has 1 atom stereocenters. The number of benzene rings is 2. The molecule has 0 aromatic heterocycles. The summed E-state index contributed by atoms with van der Waals surface area (Å²) in [4.78, 5) is 18.6. The SMILES string of the molecule is CCNC(=NCc1ccccc1CN1CCCC1=O)NCC(C)(O)c1ccccc1. The second-order valence-electron chi connectivity index (χ2n) is 7.88. The fraction of sp³-hybridized carbons (Fsp3) is 0.417. The molecule has 2 aromatic carbocycles. The normalized spacial score (nSPS) is 16.4. The van der Waals surface area contributed by atoms with Gasteiger partial charge in [0.2, 0.25) is 5.91 Å². The van der Waals surface area contributed by atoms with Gasteiger partial charge in [-0.1, -0.05) is 54.6 Å². The Hall–Kier alpha value is -2.86. The van der Waals surface area contributed by atoms with Gasteiger partial charge in [0.1, 0.15) is 5.60 Å². The molecule has 6 heteroatoms. The van der Waals surface area contributed by atoms with Gasteiger partial charge in [-0.25, -0.2) is 4.99 Å². The van der Waals surface area contributed by atoms with E-state index in [9.17, 15) is 9.90 Å². The van der Waals surface area contributed by atoms with Crippen molar-refractivity contribution in [2.75, 3.05) is 19.6 Å². The van der Waals surface area contributed by atoms with Crippen LogP contribution in [0.1, 0.15) is 43.4 Å². The van der Waals surface area contributed by atoms with Crippen LogP contribution in [0.3, 0.4) is 0 Å². The molecule has 6 nitrogen and oxygen atoms in total. The molecule has 0 spiro atoms. The van der Waals surface area contributed by atoms with Crippen molar-refractivity contribution in [1.82, 2.24) is 15.5 Å². The van der Waals surface area contributed by atoms with E-state index in [2.05, 4.69) is 22.8 Å². The lowest BCUT2D eigenvalue weighted by Gasteiger charge is -2.25. The van der Waals surface area contributed by atoms with Crippen LogP contribution in [0.5, 0.6) is 0 Å². The molecule has 0 radical (unpaired) electrons. The third kappa shape index (κ3) is 5.83. The van der Waals surface area contributed by atoms with E-state index < -0.39 is 5.60 Å². The lowest BCUT2D eigenvalue weighted by Crippen LogP contribution is -2.44. The second-order valence-corrected chi connectivity index (χ2v) is 7.88. The van der Waals surface area contributed by atoms with E-state index in [0.29, 0.717) is 32.0 Å². The van der Waals surface area contributed by atoms with Crippen LogP contribution in [0, 0.1) is 0 Å². The van der Waals surface area contributed by atoms with Crippen molar-refractivity contribution >= 4 is 11.9 Å². The van der Waals surface area contributed by atoms with E-state index in [-0.39, 0.29) is 5.91 Å². The highest BCUT2D eigenvalue weighted by atomic mass is 16.3. The summed E-state index contributed by atoms with van der Waals surface area (Å²) in [5.74, 6) is 0.882. The molecule has 1 fully saturated rings. The fourth-order valence-electron chi connectivity index (χ4n) is 3.60. The van der Waals surface area contributed by atoms with Crippen molar-refractivity contribution in [1.29, 1.82) is 0 Å². The molecule has 2 aromatic rings. The van der Waals surface area contributed by atoms with Crippen LogP contribution in [0.4, 0.5) is 0 Å². The third-order valence-corrected chi connectivity index (χ3v) is 5.40. The Balaban J connectivity index is 1.67. The number of amides is 1. The number of likely N-dealkylation sites (tertiary alicyclic amines) is 1. The van der Waals surface area contributed by atoms with Crippen LogP contribution in [0.15, 0.2) is 59.6 Å². The summed E-state index contributed by atoms with van der Waals surface area (Å²) in [5, 5.41) is 17.3. The van der Waals surface area contributed by atoms with Crippen molar-refractivity contribution in [2.24, 2.45) is 4.99 Å². The Morgan fingerprint density at radius 1 is 1.10 bits per heavy atom. The van der Waals surface area contributed by atoms with E-state index in [0.717, 1.165) is 36.2 Å². The van der Waals surface area contributed by atoms with Crippen LogP contribution in [0.25, 0.3) is 0 Å². The number of rotatable bonds is 8. The molecule has 0 bridgehead atoms. The lowest BCUT2D eigenvalue weighted by atomic mass is 9.96. The molecule has 0 saturated carbocycles. The van der Waals surface area contributed by atoms with Crippen molar-refractivity contribution < 1.29 is 9.90 Å². The second kappa shape index (κ2) is 10.3. The van der Waals surface area contributed by atoms with Crippen molar-refractivity contribution in [3.05, 3.63) is 71.3 Å². The zero-order valence-corrected chi connectivity index (χ0v) is 17.9. The van der Waals surface area contributed by atoms with Gasteiger partial charge in [0.05, 0.1) is 13.1 Å². The lowest BCUT2D eigenvalue weighted by molar-refractivity contribution is -0.128. The average molecular weight is 409 g/mol. The van der Waals surface area contributed by atoms with Gasteiger partial charge in [-0.2, -0.15) is 0 Å². The highest BCUT2D eigenvalue weighted by Crippen LogP contribution is 2.19. The highest BCUT2D eigenvalue weighted by molar-refractivity contribution is 5.80. The molecule has 1 aliphatic rings. The third-order valence-electron chi connectivity index (χ3n) is 5.40. The molecule has 30 heavy (non-hydrogen) atoms. The summed E-state index contributed by atoms with van der Waals surface area (Å²) in [6.45, 7) is 6.84. The van der Waals surface area contributed by atoms with E-state index >= 15 is 0 Å². The minimum Gasteiger partial charge on any atom is -0.384 e. The monoisotopic (exact) mass is 408 g/mol. The first-order valence-electron chi connectivity index (χ1n) is 10.6. The first-order chi connectivity index (χ1) is 14.5. The van der Waals surface area contributed by atoms with E-state index in [1.807, 2.05) is 54.3 Å². The van der Waals surface area contributed by atoms with Crippen molar-refractivity contribution in [2.45, 2.75) is 45.4 Å². The Morgan fingerprint density at radius 2 is 1.80 bits per heavy atom. The molecule has 3 N–H and O–H groups in total. The fourth-order valence-corrected chi connectivity index (χ4v) is 3.60. The standard InChI is InChI=1S/C24H32N4O2/c1-3-25-23(27-18-24(2,30)21-12-5-4-6-13-21)26-16-19-10-7-8-11-20(19)17-28-15-9-14-22(28)29/h4-8,10-13,30H,3,9,14-18H2,1-2H3,(H2,25,26,27). The Bertz CT molecular complexity index is 865. The number of nitrogens with zero attached hydrogens (tertiary/aromatic N) is 2. The van der Waals surface area contributed by atoms with Gasteiger partial charge < -0.3 is 20.6 Å². The van der Waals surface area contributed by atoms with Crippen molar-refractivity contribution in [3.63, 3.8) is 0 Å². The van der Waals surface area contributed by atoms with Gasteiger partial charge in [-0.15, -0.1) is 0 Å². The molecule has 1 unspecified atom stereocenters. The number of hydrogen-bond acceptors (Lipinski definition) is 3. The zero-order valence-electron chi connectivity index (χ0n) is 17.9. The number of carbonyl (C=O) groups is 1. The van der Waals surface area contributed by atoms with Crippen molar-refractivity contribution in [3.8, 4) is 0 Å². The maximum absolute atomic E-state index is 12.0. The zero-order chi connectivity index (χ0) is 21.4. The van der Waals surface area contributed by atoms with Crippen LogP contribution in [0.2, 0.25) is 0 Å². The summed E-state index contributed by atoms with van der Waals surface area (Å²) in [6, 6.07) is 17.7. The molecular weight excluding hydrogens is 376 g/mol. The summed E-state index contributed by atoms with van der Waals surface area (Å²) < 4.78 is 0. The summed E-state index contributed by atoms with van der Waals surface area (Å²) >= 11 is 0. The molecule has 3 rings (SSSR count). The van der Waals surface area contributed by atoms with Crippen LogP contribution >= 0.6 is 0 Å². The van der Waals surface area contributed by atoms with E-state index in [1.54, 1.807) is 6.92 Å². The number of carbonyl (C=O) groups excluding carboxylic acids is 1. The number of aliphatic hydroxyl groups is 1. The number of nitrogens with one attached hydrogen (secondary N) is 2. The van der Waals surface area contributed by atoms with Crippen LogP contribution in [-0.4, -0.2) is 41.5 Å². The van der Waals surface area contributed by atoms with Gasteiger partial charge in [-0.05, 0) is 37.0 Å². The van der Waals surface area contributed by atoms with Gasteiger partial charge in [-0.3, -0.25) is 4.79 Å². The quantitative estimate of drug-likeness (QED) is 0.464. The predicted octanol–water partition coefficient (Wildman–Crippen LogP) is 2.77. The molecule has 0 aliphatic carbocycles. The van der Waals surface area contributed by atoms with Gasteiger partial charge in [0.15, 0.2) is 5.96 Å². The van der Waals surface area contributed by atoms with E-state index in [4.69, 9.17) is 4.99 Å². The number of guanidine groups is 1. The Labute approximate surface area is 179 Å². The van der Waals surface area contributed by atoms with E-state index in [1.165, 1.54) is 0 Å². The first kappa shape index (κ1) is 21.8. The van der Waals surface area contributed by atoms with Crippen LogP contribution < -0.4 is 10.6 Å². The highest BCUT2D eigenvalue weighted by Gasteiger charge is 2.23. The summed E-state index contributed by atoms with van der Waals surface area (Å²) in [7, 11) is 0. The Morgan fingerprint density at radius 3 is 2.47 bits per heavy atom. The predicted molar refractivity (Wildman–Crippen MR) is 120 cm³/mol. The maximum atomic E-state index is 12.0. The molecule has 1 amide bonds. The largest absolute Gasteiger partial charge is 0.384 e. The topological polar surface area (TPSA) is 77.0 Å². The van der Waals surface area contributed by atoms with Gasteiger partial charge in [0.25, 0.3) is 0 Å². The minimum absolute atomic E-state index is 0.228. The number of hydrogen-bond donors (Lipinski definition) is 3. The Kier molecular flexibility index (Phi) is 7.46. The molecule has 1 saturated heterocycles. The van der Waals surface area contributed by atoms with Crippen LogP contribution in [-0.2, 0) is 23.5 Å². The maximum Gasteiger partial charge on any atom is 0.222 e. The minimum atomic E-state index is -1.01. The first-order valence-corrected chi connectivity index (χ1v) is 10.6. The summed E-state index contributed by atoms with van der Waals surface area (Å²) in [5.41, 5.74) is 2.08.